The average molecular weight is 357 g/mol. The Morgan fingerprint density at radius 3 is 2.39 bits per heavy atom. The van der Waals surface area contributed by atoms with Crippen LogP contribution in [-0.2, 0) is 6.18 Å². The van der Waals surface area contributed by atoms with Gasteiger partial charge in [-0.05, 0) is 23.6 Å². The molecule has 0 aliphatic carbocycles. The molecule has 0 saturated carbocycles. The number of fused-ring (bicyclic) bond motifs is 1. The quantitative estimate of drug-likeness (QED) is 0.702. The zero-order valence-corrected chi connectivity index (χ0v) is 14.1. The number of nitrogens with zero attached hydrogens (tertiary/aromatic N) is 3. The third-order valence-corrected chi connectivity index (χ3v) is 5.12. The van der Waals surface area contributed by atoms with Crippen LogP contribution in [0, 0.1) is 11.3 Å². The largest absolute Gasteiger partial charge is 0.417 e. The number of allylic oxidation sites excluding steroid dienone is 1. The molecule has 2 rings (SSSR count). The maximum absolute atomic E-state index is 12.8. The molecule has 0 aliphatic rings. The van der Waals surface area contributed by atoms with E-state index < -0.39 is 11.7 Å². The Hall–Kier alpha value is -1.59. The second-order valence-corrected chi connectivity index (χ2v) is 7.25. The lowest BCUT2D eigenvalue weighted by molar-refractivity contribution is -0.137. The normalized spacial score (nSPS) is 11.5. The summed E-state index contributed by atoms with van der Waals surface area (Å²) in [5.41, 5.74) is 0.426. The minimum Gasteiger partial charge on any atom is -0.306 e. The first-order chi connectivity index (χ1) is 10.9. The lowest BCUT2D eigenvalue weighted by atomic mass is 10.2. The van der Waals surface area contributed by atoms with Gasteiger partial charge in [-0.1, -0.05) is 13.8 Å². The minimum absolute atomic E-state index is 0.378. The molecule has 0 spiro atoms. The molecule has 0 atom stereocenters. The summed E-state index contributed by atoms with van der Waals surface area (Å²) in [5, 5.41) is 9.45. The summed E-state index contributed by atoms with van der Waals surface area (Å²) in [6.45, 7) is 3.96. The van der Waals surface area contributed by atoms with E-state index in [1.165, 1.54) is 40.2 Å². The molecule has 0 aromatic carbocycles. The van der Waals surface area contributed by atoms with Gasteiger partial charge in [0.2, 0.25) is 0 Å². The fourth-order valence-corrected chi connectivity index (χ4v) is 4.09. The number of nitriles is 1. The van der Waals surface area contributed by atoms with Crippen molar-refractivity contribution in [3.63, 3.8) is 0 Å². The van der Waals surface area contributed by atoms with E-state index in [4.69, 9.17) is 0 Å². The van der Waals surface area contributed by atoms with Crippen LogP contribution in [-0.4, -0.2) is 20.9 Å². The predicted octanol–water partition coefficient (Wildman–Crippen LogP) is 5.05. The lowest BCUT2D eigenvalue weighted by Crippen LogP contribution is -2.05. The number of imidazole rings is 1. The van der Waals surface area contributed by atoms with E-state index in [-0.39, 0.29) is 0 Å². The van der Waals surface area contributed by atoms with E-state index in [2.05, 4.69) is 11.1 Å². The van der Waals surface area contributed by atoms with Gasteiger partial charge in [-0.3, -0.25) is 0 Å². The SMILES string of the molecule is CCSC(SCC)=C(C#N)c1cn2cc(C(F)(F)F)ccc2n1. The number of rotatable bonds is 5. The number of thioether (sulfide) groups is 2. The van der Waals surface area contributed by atoms with Crippen LogP contribution >= 0.6 is 23.5 Å². The molecule has 0 N–H and O–H groups in total. The second-order valence-electron chi connectivity index (χ2n) is 4.45. The van der Waals surface area contributed by atoms with E-state index in [0.29, 0.717) is 16.9 Å². The van der Waals surface area contributed by atoms with Crippen LogP contribution in [0.15, 0.2) is 28.8 Å². The van der Waals surface area contributed by atoms with Crippen LogP contribution in [0.3, 0.4) is 0 Å². The molecule has 122 valence electrons. The van der Waals surface area contributed by atoms with Gasteiger partial charge in [-0.25, -0.2) is 4.98 Å². The van der Waals surface area contributed by atoms with Crippen LogP contribution in [0.25, 0.3) is 11.2 Å². The van der Waals surface area contributed by atoms with Crippen molar-refractivity contribution in [2.75, 3.05) is 11.5 Å². The monoisotopic (exact) mass is 357 g/mol. The van der Waals surface area contributed by atoms with E-state index in [0.717, 1.165) is 28.0 Å². The van der Waals surface area contributed by atoms with Crippen molar-refractivity contribution in [3.05, 3.63) is 40.0 Å². The Bertz CT molecular complexity index is 764. The summed E-state index contributed by atoms with van der Waals surface area (Å²) in [4.78, 5) is 4.28. The Morgan fingerprint density at radius 2 is 1.87 bits per heavy atom. The molecule has 0 unspecified atom stereocenters. The third-order valence-electron chi connectivity index (χ3n) is 2.90. The zero-order valence-electron chi connectivity index (χ0n) is 12.5. The van der Waals surface area contributed by atoms with Gasteiger partial charge in [0.15, 0.2) is 0 Å². The molecule has 2 aromatic heterocycles. The Labute approximate surface area is 140 Å². The summed E-state index contributed by atoms with van der Waals surface area (Å²) in [5.74, 6) is 1.61. The van der Waals surface area contributed by atoms with E-state index in [1.54, 1.807) is 0 Å². The van der Waals surface area contributed by atoms with Gasteiger partial charge in [0, 0.05) is 12.4 Å². The topological polar surface area (TPSA) is 41.1 Å². The van der Waals surface area contributed by atoms with E-state index in [9.17, 15) is 18.4 Å². The highest BCUT2D eigenvalue weighted by Crippen LogP contribution is 2.35. The molecule has 23 heavy (non-hydrogen) atoms. The number of aromatic nitrogens is 2. The molecule has 2 aromatic rings. The zero-order chi connectivity index (χ0) is 17.0. The fraction of sp³-hybridized carbons (Fsp3) is 0.333. The first kappa shape index (κ1) is 17.8. The summed E-state index contributed by atoms with van der Waals surface area (Å²) in [6.07, 6.45) is -1.95. The van der Waals surface area contributed by atoms with Crippen molar-refractivity contribution < 1.29 is 13.2 Å². The molecule has 2 heterocycles. The number of alkyl halides is 3. The molecular weight excluding hydrogens is 343 g/mol. The third kappa shape index (κ3) is 4.03. The number of hydrogen-bond acceptors (Lipinski definition) is 4. The van der Waals surface area contributed by atoms with Crippen LogP contribution in [0.2, 0.25) is 0 Å². The first-order valence-corrected chi connectivity index (χ1v) is 8.84. The molecule has 0 saturated heterocycles. The average Bonchev–Trinajstić information content (AvgIpc) is 2.90. The van der Waals surface area contributed by atoms with E-state index >= 15 is 0 Å². The van der Waals surface area contributed by atoms with Crippen LogP contribution in [0.1, 0.15) is 25.1 Å². The van der Waals surface area contributed by atoms with Gasteiger partial charge in [0.1, 0.15) is 17.4 Å². The highest BCUT2D eigenvalue weighted by atomic mass is 32.2. The van der Waals surface area contributed by atoms with Gasteiger partial charge in [-0.15, -0.1) is 23.5 Å². The number of hydrogen-bond donors (Lipinski definition) is 0. The van der Waals surface area contributed by atoms with Crippen molar-refractivity contribution in [3.8, 4) is 6.07 Å². The van der Waals surface area contributed by atoms with Gasteiger partial charge in [0.05, 0.1) is 15.4 Å². The van der Waals surface area contributed by atoms with Crippen LogP contribution < -0.4 is 0 Å². The molecule has 0 aliphatic heterocycles. The number of pyridine rings is 1. The maximum atomic E-state index is 12.8. The van der Waals surface area contributed by atoms with Crippen LogP contribution in [0.4, 0.5) is 13.2 Å². The summed E-state index contributed by atoms with van der Waals surface area (Å²) in [7, 11) is 0. The molecule has 0 fully saturated rings. The Kier molecular flexibility index (Phi) is 5.65. The van der Waals surface area contributed by atoms with Crippen molar-refractivity contribution in [2.24, 2.45) is 0 Å². The molecule has 8 heteroatoms. The van der Waals surface area contributed by atoms with Crippen molar-refractivity contribution in [2.45, 2.75) is 20.0 Å². The molecule has 0 bridgehead atoms. The van der Waals surface area contributed by atoms with Gasteiger partial charge >= 0.3 is 6.18 Å². The molecule has 3 nitrogen and oxygen atoms in total. The lowest BCUT2D eigenvalue weighted by Gasteiger charge is -2.06. The summed E-state index contributed by atoms with van der Waals surface area (Å²) < 4.78 is 40.5. The number of halogens is 3. The van der Waals surface area contributed by atoms with Crippen molar-refractivity contribution >= 4 is 34.7 Å². The second kappa shape index (κ2) is 7.32. The van der Waals surface area contributed by atoms with Crippen molar-refractivity contribution in [1.29, 1.82) is 5.26 Å². The summed E-state index contributed by atoms with van der Waals surface area (Å²) >= 11 is 3.07. The minimum atomic E-state index is -4.41. The first-order valence-electron chi connectivity index (χ1n) is 6.87. The molecule has 0 amide bonds. The van der Waals surface area contributed by atoms with E-state index in [1.807, 2.05) is 13.8 Å². The van der Waals surface area contributed by atoms with Gasteiger partial charge in [0.25, 0.3) is 0 Å². The fourth-order valence-electron chi connectivity index (χ4n) is 1.94. The molecular formula is C15H14F3N3S2. The summed E-state index contributed by atoms with van der Waals surface area (Å²) in [6, 6.07) is 4.43. The predicted molar refractivity (Wildman–Crippen MR) is 89.0 cm³/mol. The van der Waals surface area contributed by atoms with Crippen LogP contribution in [0.5, 0.6) is 0 Å². The van der Waals surface area contributed by atoms with Crippen molar-refractivity contribution in [1.82, 2.24) is 9.38 Å². The highest BCUT2D eigenvalue weighted by Gasteiger charge is 2.31. The Morgan fingerprint density at radius 1 is 1.22 bits per heavy atom. The standard InChI is InChI=1S/C15H14F3N3S2/c1-3-22-14(23-4-2)11(7-19)12-9-21-8-10(15(16,17)18)5-6-13(21)20-12/h5-6,8-9H,3-4H2,1-2H3. The Balaban J connectivity index is 2.54. The smallest absolute Gasteiger partial charge is 0.306 e. The maximum Gasteiger partial charge on any atom is 0.417 e. The highest BCUT2D eigenvalue weighted by molar-refractivity contribution is 8.22. The molecule has 0 radical (unpaired) electrons. The van der Waals surface area contributed by atoms with Gasteiger partial charge in [-0.2, -0.15) is 18.4 Å². The van der Waals surface area contributed by atoms with Gasteiger partial charge < -0.3 is 4.40 Å².